The molecule has 0 fully saturated rings. The topological polar surface area (TPSA) is 96.1 Å². The second kappa shape index (κ2) is 8.91. The highest BCUT2D eigenvalue weighted by Gasteiger charge is 2.14. The molecular formula is C19H18N4O3S. The number of hydrogen-bond donors (Lipinski definition) is 3. The molecule has 0 aliphatic heterocycles. The monoisotopic (exact) mass is 382 g/mol. The van der Waals surface area contributed by atoms with Crippen LogP contribution in [0, 0.1) is 0 Å². The van der Waals surface area contributed by atoms with E-state index in [1.54, 1.807) is 30.1 Å². The summed E-state index contributed by atoms with van der Waals surface area (Å²) in [6.07, 6.45) is 4.37. The average Bonchev–Trinajstić information content (AvgIpc) is 2.69. The number of amides is 1. The fraction of sp³-hybridized carbons (Fsp3) is 0.105. The molecule has 3 aromatic rings. The van der Waals surface area contributed by atoms with Gasteiger partial charge >= 0.3 is 6.09 Å². The smallest absolute Gasteiger partial charge is 0.402 e. The van der Waals surface area contributed by atoms with E-state index in [0.29, 0.717) is 17.9 Å². The summed E-state index contributed by atoms with van der Waals surface area (Å²) in [6.45, 7) is 0.387. The van der Waals surface area contributed by atoms with Gasteiger partial charge in [-0.05, 0) is 42.7 Å². The minimum Gasteiger partial charge on any atom is -0.402 e. The van der Waals surface area contributed by atoms with Crippen LogP contribution in [0.3, 0.4) is 0 Å². The van der Waals surface area contributed by atoms with Crippen LogP contribution in [-0.2, 0) is 6.54 Å². The molecule has 0 unspecified atom stereocenters. The van der Waals surface area contributed by atoms with Gasteiger partial charge in [-0.2, -0.15) is 0 Å². The van der Waals surface area contributed by atoms with Gasteiger partial charge in [-0.25, -0.2) is 4.79 Å². The standard InChI is InChI=1S/C19H18N4O3S/c1-27-15-7-4-6-13(11-15)23-19(25)26-17-16(8-10-21-18(17)24)22-12-14-5-2-3-9-20-14/h2-11H,12H2,1H3,(H,23,25)(H2,21,22,24). The summed E-state index contributed by atoms with van der Waals surface area (Å²) in [4.78, 5) is 32.1. The molecule has 0 saturated carbocycles. The van der Waals surface area contributed by atoms with Crippen molar-refractivity contribution in [3.8, 4) is 5.75 Å². The number of thioether (sulfide) groups is 1. The third-order valence-corrected chi connectivity index (χ3v) is 4.34. The molecule has 0 aliphatic carbocycles. The van der Waals surface area contributed by atoms with Gasteiger partial charge in [-0.1, -0.05) is 12.1 Å². The number of pyridine rings is 2. The molecule has 1 aromatic carbocycles. The lowest BCUT2D eigenvalue weighted by molar-refractivity contribution is 0.214. The number of anilines is 2. The predicted molar refractivity (Wildman–Crippen MR) is 106 cm³/mol. The molecule has 0 aliphatic rings. The van der Waals surface area contributed by atoms with E-state index >= 15 is 0 Å². The second-order valence-corrected chi connectivity index (χ2v) is 6.35. The first kappa shape index (κ1) is 18.5. The van der Waals surface area contributed by atoms with E-state index in [9.17, 15) is 9.59 Å². The molecular weight excluding hydrogens is 364 g/mol. The van der Waals surface area contributed by atoms with Crippen molar-refractivity contribution in [1.29, 1.82) is 0 Å². The first-order valence-electron chi connectivity index (χ1n) is 8.14. The van der Waals surface area contributed by atoms with E-state index in [1.165, 1.54) is 6.20 Å². The van der Waals surface area contributed by atoms with Gasteiger partial charge in [0.05, 0.1) is 17.9 Å². The Kier molecular flexibility index (Phi) is 6.11. The maximum Gasteiger partial charge on any atom is 0.417 e. The highest BCUT2D eigenvalue weighted by molar-refractivity contribution is 7.98. The lowest BCUT2D eigenvalue weighted by atomic mass is 10.3. The first-order chi connectivity index (χ1) is 13.2. The Morgan fingerprint density at radius 3 is 2.89 bits per heavy atom. The Bertz CT molecular complexity index is 976. The maximum absolute atomic E-state index is 12.2. The number of hydrogen-bond acceptors (Lipinski definition) is 6. The average molecular weight is 382 g/mol. The van der Waals surface area contributed by atoms with Gasteiger partial charge in [0.1, 0.15) is 0 Å². The van der Waals surface area contributed by atoms with Crippen LogP contribution in [0.5, 0.6) is 5.75 Å². The first-order valence-corrected chi connectivity index (χ1v) is 9.36. The normalized spacial score (nSPS) is 10.3. The van der Waals surface area contributed by atoms with Gasteiger partial charge in [0.25, 0.3) is 5.56 Å². The van der Waals surface area contributed by atoms with E-state index in [4.69, 9.17) is 4.74 Å². The summed E-state index contributed by atoms with van der Waals surface area (Å²) >= 11 is 1.56. The Balaban J connectivity index is 1.71. The summed E-state index contributed by atoms with van der Waals surface area (Å²) in [5.41, 5.74) is 1.27. The van der Waals surface area contributed by atoms with Crippen LogP contribution >= 0.6 is 11.8 Å². The summed E-state index contributed by atoms with van der Waals surface area (Å²) in [7, 11) is 0. The highest BCUT2D eigenvalue weighted by Crippen LogP contribution is 2.21. The van der Waals surface area contributed by atoms with Gasteiger partial charge in [-0.15, -0.1) is 11.8 Å². The van der Waals surface area contributed by atoms with Crippen molar-refractivity contribution in [1.82, 2.24) is 9.97 Å². The van der Waals surface area contributed by atoms with Crippen molar-refractivity contribution in [2.45, 2.75) is 11.4 Å². The fourth-order valence-electron chi connectivity index (χ4n) is 2.33. The zero-order chi connectivity index (χ0) is 19.1. The van der Waals surface area contributed by atoms with Gasteiger partial charge in [-0.3, -0.25) is 15.1 Å². The van der Waals surface area contributed by atoms with Crippen LogP contribution in [-0.4, -0.2) is 22.3 Å². The van der Waals surface area contributed by atoms with Crippen molar-refractivity contribution in [3.05, 3.63) is 77.0 Å². The van der Waals surface area contributed by atoms with Crippen molar-refractivity contribution < 1.29 is 9.53 Å². The number of aromatic nitrogens is 2. The molecule has 0 radical (unpaired) electrons. The molecule has 0 saturated heterocycles. The molecule has 0 atom stereocenters. The SMILES string of the molecule is CSc1cccc(NC(=O)Oc2c(NCc3ccccn3)cc[nH]c2=O)c1. The van der Waals surface area contributed by atoms with Gasteiger partial charge in [0.2, 0.25) is 5.75 Å². The van der Waals surface area contributed by atoms with Crippen LogP contribution in [0.1, 0.15) is 5.69 Å². The zero-order valence-corrected chi connectivity index (χ0v) is 15.4. The predicted octanol–water partition coefficient (Wildman–Crippen LogP) is 3.71. The molecule has 7 nitrogen and oxygen atoms in total. The molecule has 3 rings (SSSR count). The molecule has 0 bridgehead atoms. The third-order valence-electron chi connectivity index (χ3n) is 3.61. The molecule has 3 N–H and O–H groups in total. The largest absolute Gasteiger partial charge is 0.417 e. The van der Waals surface area contributed by atoms with Crippen molar-refractivity contribution in [3.63, 3.8) is 0 Å². The van der Waals surface area contributed by atoms with Crippen LogP contribution in [0.2, 0.25) is 0 Å². The number of nitrogens with one attached hydrogen (secondary N) is 3. The molecule has 2 heterocycles. The van der Waals surface area contributed by atoms with Crippen LogP contribution in [0.15, 0.2) is 70.6 Å². The zero-order valence-electron chi connectivity index (χ0n) is 14.6. The molecule has 8 heteroatoms. The van der Waals surface area contributed by atoms with E-state index in [2.05, 4.69) is 20.6 Å². The van der Waals surface area contributed by atoms with Gasteiger partial charge < -0.3 is 15.0 Å². The van der Waals surface area contributed by atoms with Crippen LogP contribution in [0.25, 0.3) is 0 Å². The maximum atomic E-state index is 12.2. The molecule has 2 aromatic heterocycles. The Hall–Kier alpha value is -3.26. The quantitative estimate of drug-likeness (QED) is 0.563. The number of H-pyrrole nitrogens is 1. The van der Waals surface area contributed by atoms with Crippen molar-refractivity contribution >= 4 is 29.2 Å². The lowest BCUT2D eigenvalue weighted by Crippen LogP contribution is -2.22. The highest BCUT2D eigenvalue weighted by atomic mass is 32.2. The Morgan fingerprint density at radius 1 is 1.22 bits per heavy atom. The lowest BCUT2D eigenvalue weighted by Gasteiger charge is -2.12. The molecule has 27 heavy (non-hydrogen) atoms. The van der Waals surface area contributed by atoms with E-state index in [1.807, 2.05) is 42.7 Å². The number of rotatable bonds is 6. The van der Waals surface area contributed by atoms with Crippen LogP contribution in [0.4, 0.5) is 16.2 Å². The minimum absolute atomic E-state index is 0.105. The van der Waals surface area contributed by atoms with Gasteiger partial charge in [0.15, 0.2) is 0 Å². The molecule has 0 spiro atoms. The van der Waals surface area contributed by atoms with Crippen molar-refractivity contribution in [2.75, 3.05) is 16.9 Å². The summed E-state index contributed by atoms with van der Waals surface area (Å²) in [5, 5.41) is 5.69. The fourth-order valence-corrected chi connectivity index (χ4v) is 2.79. The van der Waals surface area contributed by atoms with Crippen LogP contribution < -0.4 is 20.9 Å². The number of nitrogens with zero attached hydrogens (tertiary/aromatic N) is 1. The Morgan fingerprint density at radius 2 is 2.11 bits per heavy atom. The third kappa shape index (κ3) is 5.11. The number of benzene rings is 1. The van der Waals surface area contributed by atoms with E-state index in [0.717, 1.165) is 10.6 Å². The Labute approximate surface area is 160 Å². The molecule has 138 valence electrons. The number of aromatic amines is 1. The van der Waals surface area contributed by atoms with Gasteiger partial charge in [0, 0.05) is 23.0 Å². The molecule has 1 amide bonds. The second-order valence-electron chi connectivity index (χ2n) is 5.47. The number of ether oxygens (including phenoxy) is 1. The van der Waals surface area contributed by atoms with E-state index < -0.39 is 11.7 Å². The minimum atomic E-state index is -0.745. The number of carbonyl (C=O) groups is 1. The summed E-state index contributed by atoms with van der Waals surface area (Å²) in [5.74, 6) is -0.105. The van der Waals surface area contributed by atoms with E-state index in [-0.39, 0.29) is 5.75 Å². The summed E-state index contributed by atoms with van der Waals surface area (Å²) < 4.78 is 5.26. The number of carbonyl (C=O) groups excluding carboxylic acids is 1. The van der Waals surface area contributed by atoms with Crippen molar-refractivity contribution in [2.24, 2.45) is 0 Å². The summed E-state index contributed by atoms with van der Waals surface area (Å²) in [6, 6.07) is 14.5.